The fourth-order valence-electron chi connectivity index (χ4n) is 4.43. The molecule has 0 aliphatic carbocycles. The molecule has 174 valence electrons. The molecule has 1 atom stereocenters. The highest BCUT2D eigenvalue weighted by molar-refractivity contribution is 5.40. The second-order valence-corrected chi connectivity index (χ2v) is 9.00. The minimum Gasteiger partial charge on any atom is -0.508 e. The molecule has 2 nitrogen and oxygen atoms in total. The van der Waals surface area contributed by atoms with E-state index >= 15 is 0 Å². The van der Waals surface area contributed by atoms with Gasteiger partial charge in [-0.1, -0.05) is 115 Å². The maximum absolute atomic E-state index is 10.3. The molecule has 0 heterocycles. The van der Waals surface area contributed by atoms with Crippen molar-refractivity contribution >= 4 is 0 Å². The van der Waals surface area contributed by atoms with Crippen LogP contribution in [-0.4, -0.2) is 11.7 Å². The van der Waals surface area contributed by atoms with E-state index < -0.39 is 0 Å². The molecule has 1 N–H and O–H groups in total. The summed E-state index contributed by atoms with van der Waals surface area (Å²) in [6.45, 7) is 7.09. The van der Waals surface area contributed by atoms with Crippen molar-refractivity contribution in [3.05, 3.63) is 29.3 Å². The van der Waals surface area contributed by atoms with Gasteiger partial charge in [-0.15, -0.1) is 0 Å². The van der Waals surface area contributed by atoms with Gasteiger partial charge in [0.05, 0.1) is 6.10 Å². The molecular weight excluding hydrogens is 368 g/mol. The third-order valence-electron chi connectivity index (χ3n) is 6.32. The third-order valence-corrected chi connectivity index (χ3v) is 6.32. The first kappa shape index (κ1) is 27.0. The minimum absolute atomic E-state index is 0.0538. The maximum Gasteiger partial charge on any atom is 0.119 e. The molecule has 0 saturated carbocycles. The van der Waals surface area contributed by atoms with Crippen molar-refractivity contribution < 1.29 is 9.84 Å². The number of ether oxygens (including phenoxy) is 1. The normalized spacial score (nSPS) is 12.4. The molecule has 0 spiro atoms. The summed E-state index contributed by atoms with van der Waals surface area (Å²) in [4.78, 5) is 0. The number of unbranched alkanes of at least 4 members (excludes halogenated alkanes) is 15. The number of hydrogen-bond donors (Lipinski definition) is 1. The quantitative estimate of drug-likeness (QED) is 0.214. The van der Waals surface area contributed by atoms with Gasteiger partial charge >= 0.3 is 0 Å². The average Bonchev–Trinajstić information content (AvgIpc) is 2.74. The van der Waals surface area contributed by atoms with Gasteiger partial charge in [0.25, 0.3) is 0 Å². The molecule has 0 fully saturated rings. The molecule has 0 radical (unpaired) electrons. The molecule has 0 aromatic heterocycles. The van der Waals surface area contributed by atoms with Gasteiger partial charge in [0.2, 0.25) is 0 Å². The lowest BCUT2D eigenvalue weighted by Crippen LogP contribution is -2.04. The van der Waals surface area contributed by atoms with E-state index in [9.17, 15) is 5.11 Å². The number of aromatic hydroxyl groups is 1. The molecular formula is C28H50O2. The van der Waals surface area contributed by atoms with Crippen molar-refractivity contribution in [3.63, 3.8) is 0 Å². The average molecular weight is 419 g/mol. The van der Waals surface area contributed by atoms with Crippen molar-refractivity contribution in [2.75, 3.05) is 6.61 Å². The highest BCUT2D eigenvalue weighted by Crippen LogP contribution is 2.29. The number of benzene rings is 1. The van der Waals surface area contributed by atoms with Crippen LogP contribution in [0.15, 0.2) is 18.2 Å². The fourth-order valence-corrected chi connectivity index (χ4v) is 4.43. The van der Waals surface area contributed by atoms with Crippen LogP contribution in [0, 0.1) is 0 Å². The summed E-state index contributed by atoms with van der Waals surface area (Å²) < 4.78 is 5.75. The van der Waals surface area contributed by atoms with Crippen LogP contribution < -0.4 is 0 Å². The van der Waals surface area contributed by atoms with Crippen molar-refractivity contribution in [1.82, 2.24) is 0 Å². The first-order chi connectivity index (χ1) is 14.7. The zero-order chi connectivity index (χ0) is 21.9. The molecule has 0 saturated heterocycles. The molecule has 0 amide bonds. The lowest BCUT2D eigenvalue weighted by Gasteiger charge is -2.17. The molecule has 1 unspecified atom stereocenters. The summed E-state index contributed by atoms with van der Waals surface area (Å²) in [6.07, 6.45) is 23.2. The zero-order valence-electron chi connectivity index (χ0n) is 20.4. The van der Waals surface area contributed by atoms with Gasteiger partial charge in [-0.3, -0.25) is 0 Å². The summed E-state index contributed by atoms with van der Waals surface area (Å²) in [7, 11) is 0. The molecule has 0 bridgehead atoms. The summed E-state index contributed by atoms with van der Waals surface area (Å²) in [6, 6.07) is 5.84. The smallest absolute Gasteiger partial charge is 0.119 e. The molecule has 1 aromatic carbocycles. The Bertz CT molecular complexity index is 511. The summed E-state index contributed by atoms with van der Waals surface area (Å²) in [5, 5.41) is 10.3. The lowest BCUT2D eigenvalue weighted by atomic mass is 9.96. The van der Waals surface area contributed by atoms with Crippen molar-refractivity contribution in [2.24, 2.45) is 0 Å². The van der Waals surface area contributed by atoms with Crippen LogP contribution >= 0.6 is 0 Å². The molecule has 0 aliphatic heterocycles. The summed E-state index contributed by atoms with van der Waals surface area (Å²) in [5.74, 6) is 0.431. The highest BCUT2D eigenvalue weighted by Gasteiger charge is 2.13. The van der Waals surface area contributed by atoms with Crippen LogP contribution in [0.1, 0.15) is 141 Å². The van der Waals surface area contributed by atoms with Crippen molar-refractivity contribution in [1.29, 1.82) is 0 Å². The number of phenolic OH excluding ortho intramolecular Hbond substituents is 1. The lowest BCUT2D eigenvalue weighted by molar-refractivity contribution is 0.0755. The van der Waals surface area contributed by atoms with Crippen LogP contribution in [-0.2, 0) is 11.2 Å². The largest absolute Gasteiger partial charge is 0.508 e. The second-order valence-electron chi connectivity index (χ2n) is 9.00. The zero-order valence-corrected chi connectivity index (χ0v) is 20.4. The van der Waals surface area contributed by atoms with Gasteiger partial charge in [-0.25, -0.2) is 0 Å². The van der Waals surface area contributed by atoms with Gasteiger partial charge in [-0.2, -0.15) is 0 Å². The van der Waals surface area contributed by atoms with Crippen LogP contribution in [0.25, 0.3) is 0 Å². The molecule has 1 rings (SSSR count). The predicted molar refractivity (Wildman–Crippen MR) is 131 cm³/mol. The Hall–Kier alpha value is -1.02. The first-order valence-electron chi connectivity index (χ1n) is 13.1. The van der Waals surface area contributed by atoms with E-state index in [2.05, 4.69) is 19.9 Å². The van der Waals surface area contributed by atoms with Gasteiger partial charge in [0.1, 0.15) is 5.75 Å². The Kier molecular flexibility index (Phi) is 16.9. The second kappa shape index (κ2) is 18.7. The van der Waals surface area contributed by atoms with Crippen molar-refractivity contribution in [3.8, 4) is 5.75 Å². The van der Waals surface area contributed by atoms with Gasteiger partial charge < -0.3 is 9.84 Å². The van der Waals surface area contributed by atoms with E-state index in [-0.39, 0.29) is 6.10 Å². The monoisotopic (exact) mass is 418 g/mol. The van der Waals surface area contributed by atoms with Crippen LogP contribution in [0.2, 0.25) is 0 Å². The fraction of sp³-hybridized carbons (Fsp3) is 0.786. The van der Waals surface area contributed by atoms with E-state index in [0.717, 1.165) is 24.0 Å². The highest BCUT2D eigenvalue weighted by atomic mass is 16.5. The Morgan fingerprint density at radius 3 is 1.63 bits per heavy atom. The summed E-state index contributed by atoms with van der Waals surface area (Å²) in [5.41, 5.74) is 2.24. The standard InChI is InChI=1S/C28H50O2/c1-4-6-7-8-9-10-11-12-13-14-15-16-17-18-19-20-22-27-26(25(3)30-5-2)23-21-24-28(27)29/h21,23-25,29H,4-20,22H2,1-3H3. The van der Waals surface area contributed by atoms with Crippen LogP contribution in [0.4, 0.5) is 0 Å². The van der Waals surface area contributed by atoms with Gasteiger partial charge in [0.15, 0.2) is 0 Å². The van der Waals surface area contributed by atoms with Gasteiger partial charge in [-0.05, 0) is 43.9 Å². The summed E-state index contributed by atoms with van der Waals surface area (Å²) >= 11 is 0. The van der Waals surface area contributed by atoms with Gasteiger partial charge in [0, 0.05) is 6.61 Å². The minimum atomic E-state index is 0.0538. The molecule has 30 heavy (non-hydrogen) atoms. The molecule has 0 aliphatic rings. The number of rotatable bonds is 20. The van der Waals surface area contributed by atoms with E-state index in [4.69, 9.17) is 4.74 Å². The van der Waals surface area contributed by atoms with E-state index in [0.29, 0.717) is 12.4 Å². The van der Waals surface area contributed by atoms with E-state index in [1.54, 1.807) is 0 Å². The first-order valence-corrected chi connectivity index (χ1v) is 13.1. The Balaban J connectivity index is 1.99. The molecule has 1 aromatic rings. The number of hydrogen-bond acceptors (Lipinski definition) is 2. The van der Waals surface area contributed by atoms with Crippen molar-refractivity contribution in [2.45, 2.75) is 136 Å². The van der Waals surface area contributed by atoms with E-state index in [1.807, 2.05) is 19.1 Å². The maximum atomic E-state index is 10.3. The molecule has 2 heteroatoms. The Morgan fingerprint density at radius 2 is 1.17 bits per heavy atom. The SMILES string of the molecule is CCCCCCCCCCCCCCCCCCc1c(O)cccc1C(C)OCC. The Morgan fingerprint density at radius 1 is 0.700 bits per heavy atom. The predicted octanol–water partition coefficient (Wildman–Crippen LogP) is 9.29. The Labute approximate surface area is 187 Å². The third kappa shape index (κ3) is 12.6. The number of phenols is 1. The van der Waals surface area contributed by atoms with Crippen LogP contribution in [0.5, 0.6) is 5.75 Å². The topological polar surface area (TPSA) is 29.5 Å². The van der Waals surface area contributed by atoms with Crippen LogP contribution in [0.3, 0.4) is 0 Å². The van der Waals surface area contributed by atoms with E-state index in [1.165, 1.54) is 96.3 Å².